The molecule has 1 saturated heterocycles. The minimum absolute atomic E-state index is 0.0223. The molecule has 1 fully saturated rings. The van der Waals surface area contributed by atoms with E-state index in [1.807, 2.05) is 6.92 Å². The van der Waals surface area contributed by atoms with Gasteiger partial charge in [0.25, 0.3) is 0 Å². The number of hydrogen-bond acceptors (Lipinski definition) is 3. The van der Waals surface area contributed by atoms with E-state index < -0.39 is 23.7 Å². The second-order valence-corrected chi connectivity index (χ2v) is 5.38. The molecule has 0 aliphatic carbocycles. The number of nitrogens with zero attached hydrogens (tertiary/aromatic N) is 1. The van der Waals surface area contributed by atoms with Crippen molar-refractivity contribution in [2.45, 2.75) is 64.6 Å². The number of ether oxygens (including phenoxy) is 1. The lowest BCUT2D eigenvalue weighted by Crippen LogP contribution is -2.47. The number of carboxylic acid groups (broad SMARTS) is 1. The summed E-state index contributed by atoms with van der Waals surface area (Å²) >= 11 is 0. The number of rotatable bonds is 2. The third kappa shape index (κ3) is 3.35. The maximum atomic E-state index is 12.0. The summed E-state index contributed by atoms with van der Waals surface area (Å²) in [4.78, 5) is 24.5. The van der Waals surface area contributed by atoms with Gasteiger partial charge in [0.1, 0.15) is 11.6 Å². The zero-order chi connectivity index (χ0) is 13.2. The van der Waals surface area contributed by atoms with Crippen molar-refractivity contribution in [3.8, 4) is 0 Å². The molecule has 1 aliphatic rings. The quantitative estimate of drug-likeness (QED) is 0.807. The number of hydrogen-bond donors (Lipinski definition) is 1. The van der Waals surface area contributed by atoms with Gasteiger partial charge in [-0.3, -0.25) is 4.90 Å². The zero-order valence-corrected chi connectivity index (χ0v) is 10.9. The van der Waals surface area contributed by atoms with E-state index in [4.69, 9.17) is 9.84 Å². The molecule has 17 heavy (non-hydrogen) atoms. The molecule has 5 nitrogen and oxygen atoms in total. The Bertz CT molecular complexity index is 308. The molecule has 1 heterocycles. The van der Waals surface area contributed by atoms with Crippen LogP contribution < -0.4 is 0 Å². The first-order chi connectivity index (χ1) is 7.76. The molecule has 0 aromatic carbocycles. The molecule has 98 valence electrons. The highest BCUT2D eigenvalue weighted by atomic mass is 16.6. The Labute approximate surface area is 102 Å². The van der Waals surface area contributed by atoms with Crippen molar-refractivity contribution in [3.63, 3.8) is 0 Å². The number of likely N-dealkylation sites (tertiary alicyclic amines) is 1. The van der Waals surface area contributed by atoms with Crippen LogP contribution in [0.25, 0.3) is 0 Å². The maximum absolute atomic E-state index is 12.0. The summed E-state index contributed by atoms with van der Waals surface area (Å²) in [6.45, 7) is 7.28. The Balaban J connectivity index is 2.82. The van der Waals surface area contributed by atoms with Crippen LogP contribution in [0, 0.1) is 0 Å². The van der Waals surface area contributed by atoms with Crippen LogP contribution in [0.4, 0.5) is 4.79 Å². The van der Waals surface area contributed by atoms with Gasteiger partial charge >= 0.3 is 12.1 Å². The highest BCUT2D eigenvalue weighted by Gasteiger charge is 2.41. The van der Waals surface area contributed by atoms with Gasteiger partial charge in [-0.15, -0.1) is 0 Å². The standard InChI is InChI=1S/C12H21NO4/c1-5-8-6-7-9(10(14)15)13(8)11(16)17-12(2,3)4/h8-9H,5-7H2,1-4H3,(H,14,15)/t8-,9+/m0/s1. The van der Waals surface area contributed by atoms with Gasteiger partial charge in [0.2, 0.25) is 0 Å². The number of carbonyl (C=O) groups excluding carboxylic acids is 1. The number of aliphatic carboxylic acids is 1. The molecule has 1 amide bonds. The third-order valence-electron chi connectivity index (χ3n) is 2.86. The van der Waals surface area contributed by atoms with Crippen molar-refractivity contribution in [2.75, 3.05) is 0 Å². The molecule has 0 unspecified atom stereocenters. The van der Waals surface area contributed by atoms with E-state index in [0.29, 0.717) is 6.42 Å². The van der Waals surface area contributed by atoms with Crippen LogP contribution in [0.1, 0.15) is 47.0 Å². The maximum Gasteiger partial charge on any atom is 0.411 e. The molecule has 5 heteroatoms. The highest BCUT2D eigenvalue weighted by molar-refractivity contribution is 5.81. The van der Waals surface area contributed by atoms with Crippen LogP contribution in [0.2, 0.25) is 0 Å². The van der Waals surface area contributed by atoms with E-state index in [1.54, 1.807) is 20.8 Å². The summed E-state index contributed by atoms with van der Waals surface area (Å²) in [7, 11) is 0. The van der Waals surface area contributed by atoms with Crippen molar-refractivity contribution in [1.82, 2.24) is 4.90 Å². The normalized spacial score (nSPS) is 24.8. The van der Waals surface area contributed by atoms with Crippen LogP contribution in [0.15, 0.2) is 0 Å². The average Bonchev–Trinajstić information content (AvgIpc) is 2.57. The predicted molar refractivity (Wildman–Crippen MR) is 62.8 cm³/mol. The van der Waals surface area contributed by atoms with Crippen LogP contribution in [0.3, 0.4) is 0 Å². The first kappa shape index (κ1) is 13.8. The summed E-state index contributed by atoms with van der Waals surface area (Å²) in [5.41, 5.74) is -0.596. The molecular weight excluding hydrogens is 222 g/mol. The van der Waals surface area contributed by atoms with Gasteiger partial charge in [-0.1, -0.05) is 6.92 Å². The van der Waals surface area contributed by atoms with Gasteiger partial charge in [-0.05, 0) is 40.0 Å². The smallest absolute Gasteiger partial charge is 0.411 e. The summed E-state index contributed by atoms with van der Waals surface area (Å²) in [6.07, 6.45) is 1.47. The van der Waals surface area contributed by atoms with E-state index in [-0.39, 0.29) is 6.04 Å². The topological polar surface area (TPSA) is 66.8 Å². The lowest BCUT2D eigenvalue weighted by Gasteiger charge is -2.30. The summed E-state index contributed by atoms with van der Waals surface area (Å²) in [5.74, 6) is -0.952. The monoisotopic (exact) mass is 243 g/mol. The molecule has 1 rings (SSSR count). The molecule has 0 spiro atoms. The number of amides is 1. The van der Waals surface area contributed by atoms with Crippen LogP contribution in [-0.2, 0) is 9.53 Å². The fourth-order valence-corrected chi connectivity index (χ4v) is 2.12. The fourth-order valence-electron chi connectivity index (χ4n) is 2.12. The van der Waals surface area contributed by atoms with Crippen LogP contribution in [-0.4, -0.2) is 39.8 Å². The minimum Gasteiger partial charge on any atom is -0.480 e. The second kappa shape index (κ2) is 4.94. The van der Waals surface area contributed by atoms with E-state index in [0.717, 1.165) is 12.8 Å². The SMILES string of the molecule is CC[C@H]1CC[C@H](C(=O)O)N1C(=O)OC(C)(C)C. The molecule has 0 saturated carbocycles. The van der Waals surface area contributed by atoms with Gasteiger partial charge in [0.15, 0.2) is 0 Å². The zero-order valence-electron chi connectivity index (χ0n) is 10.9. The Morgan fingerprint density at radius 1 is 1.35 bits per heavy atom. The summed E-state index contributed by atoms with van der Waals surface area (Å²) < 4.78 is 5.26. The first-order valence-corrected chi connectivity index (χ1v) is 6.00. The Morgan fingerprint density at radius 2 is 1.94 bits per heavy atom. The molecule has 1 aliphatic heterocycles. The van der Waals surface area contributed by atoms with Crippen molar-refractivity contribution >= 4 is 12.1 Å². The minimum atomic E-state index is -0.952. The Kier molecular flexibility index (Phi) is 4.01. The molecule has 0 bridgehead atoms. The van der Waals surface area contributed by atoms with E-state index in [1.165, 1.54) is 4.90 Å². The van der Waals surface area contributed by atoms with Gasteiger partial charge in [-0.25, -0.2) is 9.59 Å². The van der Waals surface area contributed by atoms with Gasteiger partial charge in [0.05, 0.1) is 0 Å². The van der Waals surface area contributed by atoms with Gasteiger partial charge in [-0.2, -0.15) is 0 Å². The van der Waals surface area contributed by atoms with Gasteiger partial charge in [0, 0.05) is 6.04 Å². The van der Waals surface area contributed by atoms with Crippen molar-refractivity contribution < 1.29 is 19.4 Å². The predicted octanol–water partition coefficient (Wildman–Crippen LogP) is 2.25. The van der Waals surface area contributed by atoms with Crippen LogP contribution in [0.5, 0.6) is 0 Å². The molecule has 2 atom stereocenters. The van der Waals surface area contributed by atoms with E-state index >= 15 is 0 Å². The number of carbonyl (C=O) groups is 2. The van der Waals surface area contributed by atoms with Crippen LogP contribution >= 0.6 is 0 Å². The molecular formula is C12H21NO4. The molecule has 1 N–H and O–H groups in total. The lowest BCUT2D eigenvalue weighted by atomic mass is 10.1. The van der Waals surface area contributed by atoms with Crippen molar-refractivity contribution in [1.29, 1.82) is 0 Å². The first-order valence-electron chi connectivity index (χ1n) is 6.00. The lowest BCUT2D eigenvalue weighted by molar-refractivity contribution is -0.142. The molecule has 0 radical (unpaired) electrons. The van der Waals surface area contributed by atoms with Gasteiger partial charge < -0.3 is 9.84 Å². The summed E-state index contributed by atoms with van der Waals surface area (Å²) in [5, 5.41) is 9.09. The van der Waals surface area contributed by atoms with E-state index in [9.17, 15) is 9.59 Å². The highest BCUT2D eigenvalue weighted by Crippen LogP contribution is 2.28. The number of carboxylic acids is 1. The summed E-state index contributed by atoms with van der Waals surface area (Å²) in [6, 6.07) is -0.763. The van der Waals surface area contributed by atoms with Crippen molar-refractivity contribution in [3.05, 3.63) is 0 Å². The molecule has 0 aromatic rings. The largest absolute Gasteiger partial charge is 0.480 e. The molecule has 0 aromatic heterocycles. The second-order valence-electron chi connectivity index (χ2n) is 5.38. The fraction of sp³-hybridized carbons (Fsp3) is 0.833. The van der Waals surface area contributed by atoms with E-state index in [2.05, 4.69) is 0 Å². The van der Waals surface area contributed by atoms with Crippen molar-refractivity contribution in [2.24, 2.45) is 0 Å². The average molecular weight is 243 g/mol. The Morgan fingerprint density at radius 3 is 2.35 bits per heavy atom. The third-order valence-corrected chi connectivity index (χ3v) is 2.86. The Hall–Kier alpha value is -1.26.